The monoisotopic (exact) mass is 539 g/mol. The van der Waals surface area contributed by atoms with Gasteiger partial charge in [0, 0.05) is 24.0 Å². The van der Waals surface area contributed by atoms with Crippen LogP contribution in [0.1, 0.15) is 16.1 Å². The fraction of sp³-hybridized carbons (Fsp3) is 0.250. The first-order chi connectivity index (χ1) is 16.1. The third kappa shape index (κ3) is 6.33. The average molecular weight is 540 g/mol. The van der Waals surface area contributed by atoms with Gasteiger partial charge in [-0.15, -0.1) is 12.4 Å². The van der Waals surface area contributed by atoms with E-state index >= 15 is 0 Å². The van der Waals surface area contributed by atoms with Crippen LogP contribution in [0.15, 0.2) is 30.5 Å². The number of hydrogen-bond acceptors (Lipinski definition) is 8. The molecule has 0 radical (unpaired) electrons. The zero-order valence-electron chi connectivity index (χ0n) is 17.6. The molecule has 0 aliphatic rings. The van der Waals surface area contributed by atoms with Gasteiger partial charge in [0.25, 0.3) is 5.91 Å². The molecule has 0 aliphatic heterocycles. The summed E-state index contributed by atoms with van der Waals surface area (Å²) in [4.78, 5) is 16.4. The van der Waals surface area contributed by atoms with E-state index < -0.39 is 51.9 Å². The van der Waals surface area contributed by atoms with Gasteiger partial charge in [-0.25, -0.2) is 13.8 Å². The quantitative estimate of drug-likeness (QED) is 0.320. The molecule has 8 nitrogen and oxygen atoms in total. The van der Waals surface area contributed by atoms with Gasteiger partial charge in [-0.2, -0.15) is 17.5 Å². The number of halogens is 6. The number of anilines is 2. The second-order valence-electron chi connectivity index (χ2n) is 6.99. The molecule has 2 aromatic heterocycles. The molecular weight excluding hydrogens is 521 g/mol. The third-order valence-electron chi connectivity index (χ3n) is 4.60. The van der Waals surface area contributed by atoms with Crippen molar-refractivity contribution < 1.29 is 36.6 Å². The van der Waals surface area contributed by atoms with Gasteiger partial charge in [0.2, 0.25) is 5.06 Å². The molecule has 0 saturated heterocycles. The van der Waals surface area contributed by atoms with Crippen molar-refractivity contribution >= 4 is 41.2 Å². The van der Waals surface area contributed by atoms with Crippen LogP contribution in [0.25, 0.3) is 11.3 Å². The highest BCUT2D eigenvalue weighted by Crippen LogP contribution is 2.40. The highest BCUT2D eigenvalue weighted by atomic mass is 35.5. The first kappa shape index (κ1) is 28.2. The minimum atomic E-state index is -5.06. The van der Waals surface area contributed by atoms with E-state index in [2.05, 4.69) is 14.7 Å². The molecule has 190 valence electrons. The highest BCUT2D eigenvalue weighted by molar-refractivity contribution is 7.08. The summed E-state index contributed by atoms with van der Waals surface area (Å²) in [7, 11) is 0. The van der Waals surface area contributed by atoms with Gasteiger partial charge in [-0.3, -0.25) is 4.79 Å². The number of nitrogens with one attached hydrogen (secondary N) is 1. The molecule has 0 spiro atoms. The molecule has 35 heavy (non-hydrogen) atoms. The van der Waals surface area contributed by atoms with Crippen LogP contribution in [0.2, 0.25) is 0 Å². The molecular formula is C20H19ClF5N5O3S. The zero-order chi connectivity index (χ0) is 25.0. The Morgan fingerprint density at radius 3 is 2.49 bits per heavy atom. The summed E-state index contributed by atoms with van der Waals surface area (Å²) in [5.74, 6) is -4.04. The van der Waals surface area contributed by atoms with Crippen LogP contribution < -0.4 is 21.5 Å². The number of rotatable bonds is 8. The van der Waals surface area contributed by atoms with Crippen LogP contribution in [-0.4, -0.2) is 40.1 Å². The maximum absolute atomic E-state index is 14.3. The van der Waals surface area contributed by atoms with Crippen molar-refractivity contribution in [2.45, 2.75) is 6.18 Å². The Kier molecular flexibility index (Phi) is 9.31. The summed E-state index contributed by atoms with van der Waals surface area (Å²) in [6.45, 7) is -0.0911. The fourth-order valence-electron chi connectivity index (χ4n) is 2.83. The molecule has 15 heteroatoms. The van der Waals surface area contributed by atoms with Crippen molar-refractivity contribution in [1.29, 1.82) is 0 Å². The van der Waals surface area contributed by atoms with Crippen LogP contribution in [0.4, 0.5) is 33.3 Å². The van der Waals surface area contributed by atoms with Crippen molar-refractivity contribution in [1.82, 2.24) is 9.36 Å². The Labute approximate surface area is 205 Å². The van der Waals surface area contributed by atoms with Gasteiger partial charge in [-0.05, 0) is 18.2 Å². The van der Waals surface area contributed by atoms with Gasteiger partial charge in [0.1, 0.15) is 17.3 Å². The molecule has 0 saturated carbocycles. The van der Waals surface area contributed by atoms with Crippen molar-refractivity contribution in [2.75, 3.05) is 30.8 Å². The van der Waals surface area contributed by atoms with Gasteiger partial charge in [0.05, 0.1) is 41.9 Å². The summed E-state index contributed by atoms with van der Waals surface area (Å²) in [6, 6.07) is 2.89. The molecule has 3 aromatic rings. The summed E-state index contributed by atoms with van der Waals surface area (Å²) in [5, 5.41) is 11.7. The number of aliphatic hydroxyl groups excluding tert-OH is 1. The molecule has 1 amide bonds. The number of aliphatic hydroxyl groups is 1. The lowest BCUT2D eigenvalue weighted by Gasteiger charge is -2.16. The number of nitrogens with two attached hydrogens (primary N) is 2. The Balaban J connectivity index is 0.00000432. The molecule has 6 N–H and O–H groups in total. The van der Waals surface area contributed by atoms with Crippen molar-refractivity contribution in [2.24, 2.45) is 11.7 Å². The number of carbonyl (C=O) groups excluding carboxylic acids is 1. The van der Waals surface area contributed by atoms with Crippen LogP contribution in [0, 0.1) is 17.6 Å². The summed E-state index contributed by atoms with van der Waals surface area (Å²) in [6.07, 6.45) is -3.85. The Hall–Kier alpha value is -3.07. The number of ether oxygens (including phenoxy) is 1. The van der Waals surface area contributed by atoms with Gasteiger partial charge in [-0.1, -0.05) is 6.07 Å². The standard InChI is InChI=1S/C20H18F5N5O3S.ClH/c21-11-2-1-3-12(22)15(11)16-10(20(23,24)25)4-13(27)17(30-16)18(32)29-14-6-28-34-19(14)33-8-9(5-26)7-31;/h1-4,6,9,31H,5,7-8,26-27H2,(H,29,32);1H. The van der Waals surface area contributed by atoms with E-state index in [1.807, 2.05) is 0 Å². The number of hydrogen-bond donors (Lipinski definition) is 4. The average Bonchev–Trinajstić information content (AvgIpc) is 3.21. The lowest BCUT2D eigenvalue weighted by molar-refractivity contribution is -0.137. The molecule has 0 bridgehead atoms. The van der Waals surface area contributed by atoms with Crippen LogP contribution in [-0.2, 0) is 6.18 Å². The minimum Gasteiger partial charge on any atom is -0.481 e. The highest BCUT2D eigenvalue weighted by Gasteiger charge is 2.37. The van der Waals surface area contributed by atoms with E-state index in [0.29, 0.717) is 6.07 Å². The number of amides is 1. The number of pyridine rings is 1. The van der Waals surface area contributed by atoms with Gasteiger partial charge < -0.3 is 26.6 Å². The van der Waals surface area contributed by atoms with E-state index in [-0.39, 0.29) is 48.8 Å². The van der Waals surface area contributed by atoms with Crippen molar-refractivity contribution in [3.63, 3.8) is 0 Å². The van der Waals surface area contributed by atoms with Crippen LogP contribution >= 0.6 is 23.9 Å². The zero-order valence-corrected chi connectivity index (χ0v) is 19.2. The van der Waals surface area contributed by atoms with Gasteiger partial charge in [0.15, 0.2) is 5.69 Å². The Morgan fingerprint density at radius 2 is 1.91 bits per heavy atom. The predicted octanol–water partition coefficient (Wildman–Crippen LogP) is 3.70. The van der Waals surface area contributed by atoms with Crippen molar-refractivity contribution in [3.05, 3.63) is 53.4 Å². The summed E-state index contributed by atoms with van der Waals surface area (Å²) in [5.41, 5.74) is 6.12. The van der Waals surface area contributed by atoms with Crippen LogP contribution in [0.5, 0.6) is 5.06 Å². The van der Waals surface area contributed by atoms with Crippen molar-refractivity contribution in [3.8, 4) is 16.3 Å². The normalized spacial score (nSPS) is 12.1. The molecule has 1 aromatic carbocycles. The topological polar surface area (TPSA) is 136 Å². The van der Waals surface area contributed by atoms with Crippen LogP contribution in [0.3, 0.4) is 0 Å². The van der Waals surface area contributed by atoms with E-state index in [4.69, 9.17) is 16.2 Å². The Bertz CT molecular complexity index is 1170. The molecule has 1 unspecified atom stereocenters. The Morgan fingerprint density at radius 1 is 1.26 bits per heavy atom. The molecule has 2 heterocycles. The molecule has 0 aliphatic carbocycles. The predicted molar refractivity (Wildman–Crippen MR) is 121 cm³/mol. The third-order valence-corrected chi connectivity index (χ3v) is 5.31. The maximum atomic E-state index is 14.3. The maximum Gasteiger partial charge on any atom is 0.418 e. The van der Waals surface area contributed by atoms with E-state index in [9.17, 15) is 31.9 Å². The molecule has 1 atom stereocenters. The van der Waals surface area contributed by atoms with E-state index in [1.165, 1.54) is 6.20 Å². The second-order valence-corrected chi connectivity index (χ2v) is 7.76. The first-order valence-corrected chi connectivity index (χ1v) is 10.4. The van der Waals surface area contributed by atoms with E-state index in [1.54, 1.807) is 0 Å². The van der Waals surface area contributed by atoms with Gasteiger partial charge >= 0.3 is 6.18 Å². The number of alkyl halides is 3. The number of nitrogens with zero attached hydrogens (tertiary/aromatic N) is 2. The molecule has 0 fully saturated rings. The largest absolute Gasteiger partial charge is 0.481 e. The number of aromatic nitrogens is 2. The minimum absolute atomic E-state index is 0. The smallest absolute Gasteiger partial charge is 0.418 e. The SMILES string of the molecule is Cl.NCC(CO)COc1sncc1NC(=O)c1nc(-c2c(F)cccc2F)c(C(F)(F)F)cc1N. The summed E-state index contributed by atoms with van der Waals surface area (Å²) >= 11 is 0.855. The molecule has 3 rings (SSSR count). The lowest BCUT2D eigenvalue weighted by atomic mass is 10.0. The number of benzene rings is 1. The fourth-order valence-corrected chi connectivity index (χ4v) is 3.40. The summed E-state index contributed by atoms with van der Waals surface area (Å²) < 4.78 is 78.6. The lowest BCUT2D eigenvalue weighted by Crippen LogP contribution is -2.25. The number of carbonyl (C=O) groups is 1. The first-order valence-electron chi connectivity index (χ1n) is 9.58. The number of nitrogen functional groups attached to an aromatic ring is 1. The van der Waals surface area contributed by atoms with E-state index in [0.717, 1.165) is 29.7 Å². The second kappa shape index (κ2) is 11.6.